The fourth-order valence-electron chi connectivity index (χ4n) is 2.18. The molecule has 24 heavy (non-hydrogen) atoms. The average Bonchev–Trinajstić information content (AvgIpc) is 3.05. The third-order valence-electron chi connectivity index (χ3n) is 3.35. The fourth-order valence-corrected chi connectivity index (χ4v) is 2.83. The van der Waals surface area contributed by atoms with Gasteiger partial charge in [-0.1, -0.05) is 18.2 Å². The van der Waals surface area contributed by atoms with Crippen molar-refractivity contribution in [1.82, 2.24) is 10.3 Å². The minimum atomic E-state index is -0.126. The molecule has 0 aliphatic heterocycles. The molecule has 0 saturated heterocycles. The predicted octanol–water partition coefficient (Wildman–Crippen LogP) is 3.09. The summed E-state index contributed by atoms with van der Waals surface area (Å²) in [6.07, 6.45) is 0.891. The second kappa shape index (κ2) is 12.1. The summed E-state index contributed by atoms with van der Waals surface area (Å²) in [4.78, 5) is 18.4. The molecule has 5 nitrogen and oxygen atoms in total. The second-order valence-corrected chi connectivity index (χ2v) is 5.80. The number of benzene rings is 1. The standard InChI is InChI=1S/C16H22N4OS.2ClH/c1-2-20(13-7-4-3-5-8-13)10-6-9-18-16(21)14-12-22-15(11-17)19-14;;/h3-5,7-8,12H,2,6,9-11,17H2,1H3,(H,18,21);2*1H. The van der Waals surface area contributed by atoms with Gasteiger partial charge in [0.15, 0.2) is 0 Å². The quantitative estimate of drug-likeness (QED) is 0.679. The third kappa shape index (κ3) is 6.65. The first-order valence-electron chi connectivity index (χ1n) is 7.47. The molecule has 0 aliphatic rings. The number of hydrogen-bond acceptors (Lipinski definition) is 5. The number of nitrogens with zero attached hydrogens (tertiary/aromatic N) is 2. The maximum absolute atomic E-state index is 11.9. The number of carbonyl (C=O) groups excluding carboxylic acids is 1. The van der Waals surface area contributed by atoms with E-state index >= 15 is 0 Å². The maximum Gasteiger partial charge on any atom is 0.270 e. The van der Waals surface area contributed by atoms with Crippen molar-refractivity contribution in [2.45, 2.75) is 19.9 Å². The Labute approximate surface area is 159 Å². The Balaban J connectivity index is 0.00000264. The van der Waals surface area contributed by atoms with Gasteiger partial charge in [0.25, 0.3) is 5.91 Å². The van der Waals surface area contributed by atoms with Crippen molar-refractivity contribution in [2.24, 2.45) is 5.73 Å². The molecule has 0 atom stereocenters. The number of aromatic nitrogens is 1. The van der Waals surface area contributed by atoms with Crippen LogP contribution in [0.1, 0.15) is 28.8 Å². The van der Waals surface area contributed by atoms with E-state index < -0.39 is 0 Å². The first-order chi connectivity index (χ1) is 10.7. The molecule has 2 rings (SSSR count). The van der Waals surface area contributed by atoms with Crippen LogP contribution in [0, 0.1) is 0 Å². The zero-order valence-electron chi connectivity index (χ0n) is 13.6. The Kier molecular flexibility index (Phi) is 11.4. The normalized spacial score (nSPS) is 9.58. The van der Waals surface area contributed by atoms with E-state index in [9.17, 15) is 4.79 Å². The van der Waals surface area contributed by atoms with Gasteiger partial charge < -0.3 is 16.0 Å². The van der Waals surface area contributed by atoms with Gasteiger partial charge in [-0.25, -0.2) is 4.98 Å². The summed E-state index contributed by atoms with van der Waals surface area (Å²) in [6.45, 7) is 5.00. The van der Waals surface area contributed by atoms with Crippen LogP contribution >= 0.6 is 36.2 Å². The first-order valence-corrected chi connectivity index (χ1v) is 8.35. The number of thiazole rings is 1. The van der Waals surface area contributed by atoms with Crippen molar-refractivity contribution >= 4 is 47.7 Å². The van der Waals surface area contributed by atoms with Crippen LogP contribution in [0.3, 0.4) is 0 Å². The highest BCUT2D eigenvalue weighted by atomic mass is 35.5. The SMILES string of the molecule is CCN(CCCNC(=O)c1csc(CN)n1)c1ccccc1.Cl.Cl. The van der Waals surface area contributed by atoms with Gasteiger partial charge in [-0.2, -0.15) is 0 Å². The van der Waals surface area contributed by atoms with E-state index in [1.54, 1.807) is 5.38 Å². The number of nitrogens with one attached hydrogen (secondary N) is 1. The molecule has 3 N–H and O–H groups in total. The molecule has 8 heteroatoms. The van der Waals surface area contributed by atoms with Crippen molar-refractivity contribution in [3.63, 3.8) is 0 Å². The minimum Gasteiger partial charge on any atom is -0.372 e. The highest BCUT2D eigenvalue weighted by Gasteiger charge is 2.09. The van der Waals surface area contributed by atoms with Gasteiger partial charge in [-0.05, 0) is 25.5 Å². The molecule has 0 saturated carbocycles. The second-order valence-electron chi connectivity index (χ2n) is 4.86. The summed E-state index contributed by atoms with van der Waals surface area (Å²) in [7, 11) is 0. The summed E-state index contributed by atoms with van der Waals surface area (Å²) in [5.41, 5.74) is 7.17. The Morgan fingerprint density at radius 1 is 1.29 bits per heavy atom. The maximum atomic E-state index is 11.9. The largest absolute Gasteiger partial charge is 0.372 e. The first kappa shape index (κ1) is 22.7. The van der Waals surface area contributed by atoms with Gasteiger partial charge in [0.1, 0.15) is 10.7 Å². The van der Waals surface area contributed by atoms with Gasteiger partial charge in [0.05, 0.1) is 0 Å². The summed E-state index contributed by atoms with van der Waals surface area (Å²) in [5, 5.41) is 5.44. The van der Waals surface area contributed by atoms with E-state index in [4.69, 9.17) is 5.73 Å². The summed E-state index contributed by atoms with van der Waals surface area (Å²) >= 11 is 1.42. The van der Waals surface area contributed by atoms with Gasteiger partial charge in [0.2, 0.25) is 0 Å². The van der Waals surface area contributed by atoms with Gasteiger partial charge in [-0.3, -0.25) is 4.79 Å². The highest BCUT2D eigenvalue weighted by molar-refractivity contribution is 7.09. The van der Waals surface area contributed by atoms with Crippen LogP contribution in [0.2, 0.25) is 0 Å². The number of carbonyl (C=O) groups is 1. The molecule has 0 bridgehead atoms. The van der Waals surface area contributed by atoms with E-state index in [0.29, 0.717) is 18.8 Å². The average molecular weight is 391 g/mol. The Bertz CT molecular complexity index is 595. The number of amides is 1. The molecule has 1 heterocycles. The van der Waals surface area contributed by atoms with E-state index in [1.165, 1.54) is 17.0 Å². The molecule has 1 aromatic heterocycles. The lowest BCUT2D eigenvalue weighted by molar-refractivity contribution is 0.0949. The molecule has 0 aliphatic carbocycles. The van der Waals surface area contributed by atoms with E-state index in [0.717, 1.165) is 24.5 Å². The molecule has 0 spiro atoms. The van der Waals surface area contributed by atoms with Crippen LogP contribution in [0.5, 0.6) is 0 Å². The molecule has 134 valence electrons. The monoisotopic (exact) mass is 390 g/mol. The molecule has 0 unspecified atom stereocenters. The Hall–Kier alpha value is -1.34. The minimum absolute atomic E-state index is 0. The molecule has 1 amide bonds. The summed E-state index contributed by atoms with van der Waals surface area (Å²) in [6, 6.07) is 10.3. The van der Waals surface area contributed by atoms with Crippen LogP contribution < -0.4 is 16.0 Å². The fraction of sp³-hybridized carbons (Fsp3) is 0.375. The van der Waals surface area contributed by atoms with Crippen LogP contribution in [-0.2, 0) is 6.54 Å². The topological polar surface area (TPSA) is 71.2 Å². The van der Waals surface area contributed by atoms with Crippen molar-refractivity contribution in [3.8, 4) is 0 Å². The molecule has 1 aromatic carbocycles. The van der Waals surface area contributed by atoms with Crippen molar-refractivity contribution in [3.05, 3.63) is 46.4 Å². The summed E-state index contributed by atoms with van der Waals surface area (Å²) < 4.78 is 0. The number of para-hydroxylation sites is 1. The molecule has 0 fully saturated rings. The van der Waals surface area contributed by atoms with E-state index in [-0.39, 0.29) is 30.7 Å². The molecule has 0 radical (unpaired) electrons. The van der Waals surface area contributed by atoms with Crippen LogP contribution in [0.15, 0.2) is 35.7 Å². The number of halogens is 2. The van der Waals surface area contributed by atoms with Crippen molar-refractivity contribution < 1.29 is 4.79 Å². The van der Waals surface area contributed by atoms with E-state index in [2.05, 4.69) is 34.3 Å². The number of rotatable bonds is 8. The Morgan fingerprint density at radius 3 is 2.58 bits per heavy atom. The van der Waals surface area contributed by atoms with Gasteiger partial charge >= 0.3 is 0 Å². The zero-order valence-corrected chi connectivity index (χ0v) is 16.1. The lowest BCUT2D eigenvalue weighted by Gasteiger charge is -2.23. The smallest absolute Gasteiger partial charge is 0.270 e. The number of nitrogens with two attached hydrogens (primary N) is 1. The van der Waals surface area contributed by atoms with Crippen LogP contribution in [0.4, 0.5) is 5.69 Å². The van der Waals surface area contributed by atoms with Crippen molar-refractivity contribution in [1.29, 1.82) is 0 Å². The van der Waals surface area contributed by atoms with Crippen LogP contribution in [0.25, 0.3) is 0 Å². The molecular weight excluding hydrogens is 367 g/mol. The van der Waals surface area contributed by atoms with Crippen LogP contribution in [-0.4, -0.2) is 30.5 Å². The van der Waals surface area contributed by atoms with Gasteiger partial charge in [-0.15, -0.1) is 36.2 Å². The Morgan fingerprint density at radius 2 is 2.00 bits per heavy atom. The molecular formula is C16H24Cl2N4OS. The molecule has 2 aromatic rings. The van der Waals surface area contributed by atoms with Crippen molar-refractivity contribution in [2.75, 3.05) is 24.5 Å². The lowest BCUT2D eigenvalue weighted by atomic mass is 10.2. The number of hydrogen-bond donors (Lipinski definition) is 2. The lowest BCUT2D eigenvalue weighted by Crippen LogP contribution is -2.30. The highest BCUT2D eigenvalue weighted by Crippen LogP contribution is 2.13. The zero-order chi connectivity index (χ0) is 15.8. The number of anilines is 1. The summed E-state index contributed by atoms with van der Waals surface area (Å²) in [5.74, 6) is -0.126. The predicted molar refractivity (Wildman–Crippen MR) is 106 cm³/mol. The van der Waals surface area contributed by atoms with Gasteiger partial charge in [0, 0.05) is 37.2 Å². The third-order valence-corrected chi connectivity index (χ3v) is 4.22. The van der Waals surface area contributed by atoms with E-state index in [1.807, 2.05) is 18.2 Å².